The van der Waals surface area contributed by atoms with E-state index in [1.165, 1.54) is 12.4 Å². The number of aryl methyl sites for hydroxylation is 1. The number of aromatic nitrogens is 2. The van der Waals surface area contributed by atoms with Crippen LogP contribution in [0, 0.1) is 6.92 Å². The van der Waals surface area contributed by atoms with Crippen LogP contribution in [0.2, 0.25) is 10.2 Å². The van der Waals surface area contributed by atoms with E-state index in [1.54, 1.807) is 12.1 Å². The molecule has 16 heavy (non-hydrogen) atoms. The van der Waals surface area contributed by atoms with Gasteiger partial charge in [0.05, 0.1) is 12.4 Å². The molecular weight excluding hydrogens is 247 g/mol. The van der Waals surface area contributed by atoms with Gasteiger partial charge < -0.3 is 4.74 Å². The molecule has 1 aromatic heterocycles. The molecule has 1 aromatic carbocycles. The second-order valence-electron chi connectivity index (χ2n) is 3.19. The third-order valence-corrected chi connectivity index (χ3v) is 2.54. The molecular formula is C11H8Cl2N2O. The Bertz CT molecular complexity index is 517. The minimum Gasteiger partial charge on any atom is -0.437 e. The monoisotopic (exact) mass is 254 g/mol. The van der Waals surface area contributed by atoms with Gasteiger partial charge in [-0.3, -0.25) is 4.98 Å². The maximum Gasteiger partial charge on any atom is 0.239 e. The van der Waals surface area contributed by atoms with Crippen molar-refractivity contribution in [3.8, 4) is 11.6 Å². The Balaban J connectivity index is 2.24. The lowest BCUT2D eigenvalue weighted by Crippen LogP contribution is -1.90. The number of hydrogen-bond acceptors (Lipinski definition) is 3. The van der Waals surface area contributed by atoms with Gasteiger partial charge in [0.25, 0.3) is 0 Å². The zero-order valence-electron chi connectivity index (χ0n) is 8.45. The zero-order valence-corrected chi connectivity index (χ0v) is 9.96. The Kier molecular flexibility index (Phi) is 3.27. The van der Waals surface area contributed by atoms with Crippen LogP contribution in [0.25, 0.3) is 0 Å². The van der Waals surface area contributed by atoms with Gasteiger partial charge in [-0.15, -0.1) is 0 Å². The molecule has 0 saturated carbocycles. The van der Waals surface area contributed by atoms with E-state index in [0.29, 0.717) is 21.8 Å². The highest BCUT2D eigenvalue weighted by atomic mass is 35.5. The first-order valence-corrected chi connectivity index (χ1v) is 5.32. The summed E-state index contributed by atoms with van der Waals surface area (Å²) in [6.07, 6.45) is 2.94. The summed E-state index contributed by atoms with van der Waals surface area (Å²) < 4.78 is 5.48. The summed E-state index contributed by atoms with van der Waals surface area (Å²) in [6.45, 7) is 1.90. The van der Waals surface area contributed by atoms with Crippen LogP contribution in [-0.2, 0) is 0 Å². The summed E-state index contributed by atoms with van der Waals surface area (Å²) in [5, 5.41) is 0.993. The van der Waals surface area contributed by atoms with Crippen molar-refractivity contribution in [1.82, 2.24) is 9.97 Å². The Morgan fingerprint density at radius 2 is 2.00 bits per heavy atom. The quantitative estimate of drug-likeness (QED) is 0.816. The van der Waals surface area contributed by atoms with Crippen molar-refractivity contribution in [1.29, 1.82) is 0 Å². The van der Waals surface area contributed by atoms with Gasteiger partial charge in [0.15, 0.2) is 5.15 Å². The average molecular weight is 255 g/mol. The highest BCUT2D eigenvalue weighted by Gasteiger charge is 2.02. The van der Waals surface area contributed by atoms with Crippen LogP contribution in [0.5, 0.6) is 11.6 Å². The Morgan fingerprint density at radius 1 is 1.19 bits per heavy atom. The summed E-state index contributed by atoms with van der Waals surface area (Å²) >= 11 is 11.6. The number of nitrogens with zero attached hydrogens (tertiary/aromatic N) is 2. The smallest absolute Gasteiger partial charge is 0.239 e. The topological polar surface area (TPSA) is 35.0 Å². The van der Waals surface area contributed by atoms with Gasteiger partial charge >= 0.3 is 0 Å². The normalized spacial score (nSPS) is 10.2. The van der Waals surface area contributed by atoms with Crippen LogP contribution in [0.1, 0.15) is 5.56 Å². The fraction of sp³-hybridized carbons (Fsp3) is 0.0909. The molecule has 2 aromatic rings. The average Bonchev–Trinajstić information content (AvgIpc) is 2.24. The van der Waals surface area contributed by atoms with Gasteiger partial charge in [-0.05, 0) is 30.7 Å². The first-order valence-electron chi connectivity index (χ1n) is 4.57. The number of benzene rings is 1. The van der Waals surface area contributed by atoms with Gasteiger partial charge in [0.1, 0.15) is 5.75 Å². The van der Waals surface area contributed by atoms with Crippen molar-refractivity contribution < 1.29 is 4.74 Å². The summed E-state index contributed by atoms with van der Waals surface area (Å²) in [7, 11) is 0. The number of halogens is 2. The number of hydrogen-bond donors (Lipinski definition) is 0. The molecule has 3 nitrogen and oxygen atoms in total. The van der Waals surface area contributed by atoms with Gasteiger partial charge in [-0.1, -0.05) is 23.2 Å². The third-order valence-electron chi connectivity index (χ3n) is 1.93. The van der Waals surface area contributed by atoms with Crippen molar-refractivity contribution in [2.75, 3.05) is 0 Å². The standard InChI is InChI=1S/C11H8Cl2N2O/c1-7-4-8(2-3-9(7)12)16-11-6-14-5-10(13)15-11/h2-6H,1H3. The molecule has 0 unspecified atom stereocenters. The van der Waals surface area contributed by atoms with Crippen LogP contribution >= 0.6 is 23.2 Å². The van der Waals surface area contributed by atoms with Crippen molar-refractivity contribution in [3.05, 3.63) is 46.3 Å². The zero-order chi connectivity index (χ0) is 11.5. The van der Waals surface area contributed by atoms with Crippen LogP contribution in [0.4, 0.5) is 0 Å². The molecule has 0 N–H and O–H groups in total. The third kappa shape index (κ3) is 2.62. The summed E-state index contributed by atoms with van der Waals surface area (Å²) in [4.78, 5) is 7.84. The first kappa shape index (κ1) is 11.2. The lowest BCUT2D eigenvalue weighted by atomic mass is 10.2. The fourth-order valence-corrected chi connectivity index (χ4v) is 1.43. The molecule has 5 heteroatoms. The molecule has 0 fully saturated rings. The lowest BCUT2D eigenvalue weighted by Gasteiger charge is -2.05. The molecule has 82 valence electrons. The maximum absolute atomic E-state index is 5.90. The van der Waals surface area contributed by atoms with E-state index in [2.05, 4.69) is 9.97 Å². The first-order chi connectivity index (χ1) is 7.65. The second-order valence-corrected chi connectivity index (χ2v) is 3.99. The molecule has 2 rings (SSSR count). The summed E-state index contributed by atoms with van der Waals surface area (Å²) in [5.74, 6) is 1.01. The molecule has 0 aliphatic rings. The van der Waals surface area contributed by atoms with Crippen molar-refractivity contribution in [3.63, 3.8) is 0 Å². The summed E-state index contributed by atoms with van der Waals surface area (Å²) in [6, 6.07) is 5.35. The highest BCUT2D eigenvalue weighted by Crippen LogP contribution is 2.24. The minimum absolute atomic E-state index is 0.295. The van der Waals surface area contributed by atoms with Crippen LogP contribution in [-0.4, -0.2) is 9.97 Å². The molecule has 0 saturated heterocycles. The molecule has 0 radical (unpaired) electrons. The van der Waals surface area contributed by atoms with E-state index >= 15 is 0 Å². The number of ether oxygens (including phenoxy) is 1. The van der Waals surface area contributed by atoms with Crippen LogP contribution in [0.3, 0.4) is 0 Å². The predicted octanol–water partition coefficient (Wildman–Crippen LogP) is 3.88. The molecule has 0 bridgehead atoms. The van der Waals surface area contributed by atoms with E-state index < -0.39 is 0 Å². The van der Waals surface area contributed by atoms with Gasteiger partial charge in [-0.2, -0.15) is 4.98 Å². The van der Waals surface area contributed by atoms with Crippen molar-refractivity contribution in [2.45, 2.75) is 6.92 Å². The van der Waals surface area contributed by atoms with E-state index in [0.717, 1.165) is 5.56 Å². The molecule has 0 aliphatic heterocycles. The molecule has 0 amide bonds. The maximum atomic E-state index is 5.90. The number of rotatable bonds is 2. The second kappa shape index (κ2) is 4.68. The largest absolute Gasteiger partial charge is 0.437 e. The highest BCUT2D eigenvalue weighted by molar-refractivity contribution is 6.31. The Morgan fingerprint density at radius 3 is 2.69 bits per heavy atom. The van der Waals surface area contributed by atoms with E-state index in [1.807, 2.05) is 13.0 Å². The molecule has 0 atom stereocenters. The minimum atomic E-state index is 0.295. The van der Waals surface area contributed by atoms with Crippen molar-refractivity contribution >= 4 is 23.2 Å². The molecule has 1 heterocycles. The molecule has 0 aliphatic carbocycles. The lowest BCUT2D eigenvalue weighted by molar-refractivity contribution is 0.460. The van der Waals surface area contributed by atoms with Crippen LogP contribution in [0.15, 0.2) is 30.6 Å². The SMILES string of the molecule is Cc1cc(Oc2cncc(Cl)n2)ccc1Cl. The van der Waals surface area contributed by atoms with E-state index in [4.69, 9.17) is 27.9 Å². The van der Waals surface area contributed by atoms with E-state index in [9.17, 15) is 0 Å². The van der Waals surface area contributed by atoms with Crippen molar-refractivity contribution in [2.24, 2.45) is 0 Å². The van der Waals surface area contributed by atoms with Crippen LogP contribution < -0.4 is 4.74 Å². The Labute approximate surface area is 103 Å². The fourth-order valence-electron chi connectivity index (χ4n) is 1.18. The van der Waals surface area contributed by atoms with Gasteiger partial charge in [0.2, 0.25) is 5.88 Å². The van der Waals surface area contributed by atoms with Gasteiger partial charge in [0, 0.05) is 5.02 Å². The molecule has 0 spiro atoms. The van der Waals surface area contributed by atoms with Gasteiger partial charge in [-0.25, -0.2) is 0 Å². The van der Waals surface area contributed by atoms with E-state index in [-0.39, 0.29) is 0 Å². The predicted molar refractivity (Wildman–Crippen MR) is 63.3 cm³/mol. The summed E-state index contributed by atoms with van der Waals surface area (Å²) in [5.41, 5.74) is 0.939. The Hall–Kier alpha value is -1.32.